The molecule has 1 aliphatic carbocycles. The summed E-state index contributed by atoms with van der Waals surface area (Å²) in [6.07, 6.45) is 6.51. The Hall–Kier alpha value is -1.44. The van der Waals surface area contributed by atoms with Gasteiger partial charge < -0.3 is 20.1 Å². The van der Waals surface area contributed by atoms with E-state index < -0.39 is 0 Å². The van der Waals surface area contributed by atoms with E-state index in [1.165, 1.54) is 0 Å². The van der Waals surface area contributed by atoms with Gasteiger partial charge in [0.2, 0.25) is 6.79 Å². The fourth-order valence-corrected chi connectivity index (χ4v) is 2.36. The van der Waals surface area contributed by atoms with Gasteiger partial charge in [-0.1, -0.05) is 18.2 Å². The van der Waals surface area contributed by atoms with Crippen LogP contribution in [0.15, 0.2) is 35.3 Å². The summed E-state index contributed by atoms with van der Waals surface area (Å²) in [4.78, 5) is 4.25. The van der Waals surface area contributed by atoms with Gasteiger partial charge in [-0.15, -0.1) is 24.0 Å². The SMILES string of the molecule is CN=C(NCc1ccc2c(c1)OCO2)NC1CC=CC1.I. The highest BCUT2D eigenvalue weighted by molar-refractivity contribution is 14.0. The largest absolute Gasteiger partial charge is 0.454 e. The van der Waals surface area contributed by atoms with Crippen LogP contribution in [-0.4, -0.2) is 25.8 Å². The summed E-state index contributed by atoms with van der Waals surface area (Å²) in [6, 6.07) is 6.43. The number of nitrogens with zero attached hydrogens (tertiary/aromatic N) is 1. The third-order valence-corrected chi connectivity index (χ3v) is 3.47. The van der Waals surface area contributed by atoms with Crippen LogP contribution in [0.5, 0.6) is 11.5 Å². The van der Waals surface area contributed by atoms with Crippen molar-refractivity contribution in [3.05, 3.63) is 35.9 Å². The molecule has 2 aliphatic rings. The number of nitrogens with one attached hydrogen (secondary N) is 2. The van der Waals surface area contributed by atoms with Crippen LogP contribution in [-0.2, 0) is 6.54 Å². The Morgan fingerprint density at radius 3 is 2.76 bits per heavy atom. The van der Waals surface area contributed by atoms with Crippen LogP contribution in [0.1, 0.15) is 18.4 Å². The molecule has 3 rings (SSSR count). The third-order valence-electron chi connectivity index (χ3n) is 3.47. The molecule has 0 amide bonds. The minimum Gasteiger partial charge on any atom is -0.454 e. The van der Waals surface area contributed by atoms with Crippen molar-refractivity contribution in [3.63, 3.8) is 0 Å². The van der Waals surface area contributed by atoms with Crippen molar-refractivity contribution in [1.82, 2.24) is 10.6 Å². The number of ether oxygens (including phenoxy) is 2. The van der Waals surface area contributed by atoms with E-state index >= 15 is 0 Å². The Bertz CT molecular complexity index is 538. The van der Waals surface area contributed by atoms with E-state index in [2.05, 4.69) is 27.8 Å². The summed E-state index contributed by atoms with van der Waals surface area (Å²) in [5.41, 5.74) is 1.14. The average molecular weight is 401 g/mol. The molecule has 114 valence electrons. The van der Waals surface area contributed by atoms with Crippen molar-refractivity contribution in [2.45, 2.75) is 25.4 Å². The van der Waals surface area contributed by atoms with E-state index in [0.29, 0.717) is 19.4 Å². The first-order chi connectivity index (χ1) is 9.85. The number of halogens is 1. The lowest BCUT2D eigenvalue weighted by Crippen LogP contribution is -2.42. The molecule has 1 aromatic rings. The van der Waals surface area contributed by atoms with E-state index in [-0.39, 0.29) is 24.0 Å². The zero-order valence-corrected chi connectivity index (χ0v) is 14.3. The lowest BCUT2D eigenvalue weighted by atomic mass is 10.2. The third kappa shape index (κ3) is 4.03. The van der Waals surface area contributed by atoms with Crippen LogP contribution >= 0.6 is 24.0 Å². The predicted molar refractivity (Wildman–Crippen MR) is 93.5 cm³/mol. The second-order valence-corrected chi connectivity index (χ2v) is 4.90. The van der Waals surface area contributed by atoms with Crippen molar-refractivity contribution in [2.24, 2.45) is 4.99 Å². The van der Waals surface area contributed by atoms with Crippen LogP contribution in [0.3, 0.4) is 0 Å². The average Bonchev–Trinajstić information content (AvgIpc) is 3.13. The molecule has 0 radical (unpaired) electrons. The minimum atomic E-state index is 0. The molecule has 0 saturated heterocycles. The standard InChI is InChI=1S/C15H19N3O2.HI/c1-16-15(18-12-4-2-3-5-12)17-9-11-6-7-13-14(8-11)20-10-19-13;/h2-3,6-8,12H,4-5,9-10H2,1H3,(H2,16,17,18);1H. The Morgan fingerprint density at radius 2 is 2.00 bits per heavy atom. The van der Waals surface area contributed by atoms with Crippen LogP contribution in [0.25, 0.3) is 0 Å². The molecule has 1 heterocycles. The molecule has 0 atom stereocenters. The van der Waals surface area contributed by atoms with Crippen molar-refractivity contribution in [3.8, 4) is 11.5 Å². The quantitative estimate of drug-likeness (QED) is 0.354. The van der Waals surface area contributed by atoms with Crippen molar-refractivity contribution in [2.75, 3.05) is 13.8 Å². The summed E-state index contributed by atoms with van der Waals surface area (Å²) in [5.74, 6) is 2.46. The number of rotatable bonds is 3. The van der Waals surface area contributed by atoms with E-state index in [1.54, 1.807) is 7.05 Å². The second-order valence-electron chi connectivity index (χ2n) is 4.90. The summed E-state index contributed by atoms with van der Waals surface area (Å²) < 4.78 is 10.7. The van der Waals surface area contributed by atoms with Gasteiger partial charge in [-0.25, -0.2) is 0 Å². The first kappa shape index (κ1) is 15.9. The predicted octanol–water partition coefficient (Wildman–Crippen LogP) is 2.42. The lowest BCUT2D eigenvalue weighted by Gasteiger charge is -2.17. The molecule has 0 spiro atoms. The zero-order chi connectivity index (χ0) is 13.8. The summed E-state index contributed by atoms with van der Waals surface area (Å²) in [5, 5.41) is 6.73. The first-order valence-electron chi connectivity index (χ1n) is 6.86. The monoisotopic (exact) mass is 401 g/mol. The van der Waals surface area contributed by atoms with Crippen LogP contribution in [0.2, 0.25) is 0 Å². The zero-order valence-electron chi connectivity index (χ0n) is 12.0. The molecule has 0 bridgehead atoms. The Kier molecular flexibility index (Phi) is 5.72. The molecule has 0 unspecified atom stereocenters. The van der Waals surface area contributed by atoms with Gasteiger partial charge in [0.05, 0.1) is 0 Å². The highest BCUT2D eigenvalue weighted by Crippen LogP contribution is 2.32. The number of benzene rings is 1. The van der Waals surface area contributed by atoms with Gasteiger partial charge in [0, 0.05) is 19.6 Å². The number of hydrogen-bond donors (Lipinski definition) is 2. The van der Waals surface area contributed by atoms with Gasteiger partial charge in [-0.2, -0.15) is 0 Å². The Labute approximate surface area is 141 Å². The molecule has 0 aromatic heterocycles. The van der Waals surface area contributed by atoms with Gasteiger partial charge in [-0.05, 0) is 30.5 Å². The molecule has 6 heteroatoms. The maximum Gasteiger partial charge on any atom is 0.231 e. The normalized spacial score (nSPS) is 16.7. The summed E-state index contributed by atoms with van der Waals surface area (Å²) >= 11 is 0. The van der Waals surface area contributed by atoms with Crippen LogP contribution in [0.4, 0.5) is 0 Å². The van der Waals surface area contributed by atoms with E-state index in [0.717, 1.165) is 35.9 Å². The molecule has 0 fully saturated rings. The molecular weight excluding hydrogens is 381 g/mol. The topological polar surface area (TPSA) is 54.9 Å². The summed E-state index contributed by atoms with van der Waals surface area (Å²) in [6.45, 7) is 1.01. The van der Waals surface area contributed by atoms with E-state index in [9.17, 15) is 0 Å². The minimum absolute atomic E-state index is 0. The lowest BCUT2D eigenvalue weighted by molar-refractivity contribution is 0.174. The number of hydrogen-bond acceptors (Lipinski definition) is 3. The van der Waals surface area contributed by atoms with Gasteiger partial charge in [-0.3, -0.25) is 4.99 Å². The number of fused-ring (bicyclic) bond motifs is 1. The molecule has 1 aliphatic heterocycles. The Balaban J connectivity index is 0.00000161. The second kappa shape index (κ2) is 7.53. The highest BCUT2D eigenvalue weighted by Gasteiger charge is 2.14. The van der Waals surface area contributed by atoms with Crippen molar-refractivity contribution in [1.29, 1.82) is 0 Å². The van der Waals surface area contributed by atoms with E-state index in [1.807, 2.05) is 18.2 Å². The van der Waals surface area contributed by atoms with Crippen molar-refractivity contribution >= 4 is 29.9 Å². The maximum atomic E-state index is 5.38. The number of aliphatic imine (C=N–C) groups is 1. The fourth-order valence-electron chi connectivity index (χ4n) is 2.36. The fraction of sp³-hybridized carbons (Fsp3) is 0.400. The van der Waals surface area contributed by atoms with Gasteiger partial charge in [0.25, 0.3) is 0 Å². The molecule has 5 nitrogen and oxygen atoms in total. The molecule has 1 aromatic carbocycles. The smallest absolute Gasteiger partial charge is 0.231 e. The number of guanidine groups is 1. The highest BCUT2D eigenvalue weighted by atomic mass is 127. The molecule has 2 N–H and O–H groups in total. The molecule has 0 saturated carbocycles. The van der Waals surface area contributed by atoms with Gasteiger partial charge >= 0.3 is 0 Å². The molecular formula is C15H20IN3O2. The van der Waals surface area contributed by atoms with Crippen molar-refractivity contribution < 1.29 is 9.47 Å². The van der Waals surface area contributed by atoms with Gasteiger partial charge in [0.1, 0.15) is 0 Å². The summed E-state index contributed by atoms with van der Waals surface area (Å²) in [7, 11) is 1.79. The van der Waals surface area contributed by atoms with Crippen LogP contribution < -0.4 is 20.1 Å². The Morgan fingerprint density at radius 1 is 1.24 bits per heavy atom. The van der Waals surface area contributed by atoms with Crippen LogP contribution in [0, 0.1) is 0 Å². The first-order valence-corrected chi connectivity index (χ1v) is 6.86. The molecule has 21 heavy (non-hydrogen) atoms. The van der Waals surface area contributed by atoms with E-state index in [4.69, 9.17) is 9.47 Å². The van der Waals surface area contributed by atoms with Gasteiger partial charge in [0.15, 0.2) is 17.5 Å². The maximum absolute atomic E-state index is 5.38.